The quantitative estimate of drug-likeness (QED) is 0.767. The van der Waals surface area contributed by atoms with Crippen molar-refractivity contribution in [2.45, 2.75) is 26.9 Å². The average molecular weight is 234 g/mol. The van der Waals surface area contributed by atoms with E-state index in [-0.39, 0.29) is 18.4 Å². The van der Waals surface area contributed by atoms with Crippen LogP contribution in [0.3, 0.4) is 0 Å². The number of anilines is 1. The number of nitrogens with one attached hydrogen (secondary N) is 1. The van der Waals surface area contributed by atoms with Crippen molar-refractivity contribution in [3.63, 3.8) is 0 Å². The molecule has 0 radical (unpaired) electrons. The van der Waals surface area contributed by atoms with E-state index in [1.54, 1.807) is 18.3 Å². The molecule has 2 N–H and O–H groups in total. The maximum atomic E-state index is 11.8. The standard InChI is InChI=1S/C13H18N2O2/c1-9(2)6-10(3)13(17)15-11-4-5-14-12(7-11)8-16/h4-5,7,10,16H,1,6,8H2,2-3H3,(H,14,15,17)/t10-/m1/s1. The fourth-order valence-corrected chi connectivity index (χ4v) is 1.52. The molecule has 0 aromatic carbocycles. The highest BCUT2D eigenvalue weighted by atomic mass is 16.3. The van der Waals surface area contributed by atoms with Crippen molar-refractivity contribution in [1.29, 1.82) is 0 Å². The number of nitrogens with zero attached hydrogens (tertiary/aromatic N) is 1. The molecule has 0 saturated carbocycles. The molecular weight excluding hydrogens is 216 g/mol. The Morgan fingerprint density at radius 3 is 2.94 bits per heavy atom. The van der Waals surface area contributed by atoms with E-state index in [2.05, 4.69) is 16.9 Å². The molecule has 1 heterocycles. The lowest BCUT2D eigenvalue weighted by atomic mass is 10.0. The van der Waals surface area contributed by atoms with Crippen molar-refractivity contribution in [1.82, 2.24) is 4.98 Å². The summed E-state index contributed by atoms with van der Waals surface area (Å²) in [6, 6.07) is 3.36. The van der Waals surface area contributed by atoms with E-state index in [1.807, 2.05) is 13.8 Å². The average Bonchev–Trinajstić information content (AvgIpc) is 2.28. The summed E-state index contributed by atoms with van der Waals surface area (Å²) in [5.74, 6) is -0.165. The predicted molar refractivity (Wildman–Crippen MR) is 67.4 cm³/mol. The van der Waals surface area contributed by atoms with E-state index < -0.39 is 0 Å². The number of pyridine rings is 1. The molecule has 1 amide bonds. The van der Waals surface area contributed by atoms with Crippen LogP contribution >= 0.6 is 0 Å². The van der Waals surface area contributed by atoms with Gasteiger partial charge in [-0.1, -0.05) is 12.5 Å². The van der Waals surface area contributed by atoms with Crippen molar-refractivity contribution >= 4 is 11.6 Å². The largest absolute Gasteiger partial charge is 0.390 e. The van der Waals surface area contributed by atoms with Gasteiger partial charge in [0.05, 0.1) is 12.3 Å². The molecule has 4 heteroatoms. The number of carbonyl (C=O) groups excluding carboxylic acids is 1. The van der Waals surface area contributed by atoms with Crippen LogP contribution in [0.5, 0.6) is 0 Å². The summed E-state index contributed by atoms with van der Waals surface area (Å²) in [5, 5.41) is 11.7. The third-order valence-corrected chi connectivity index (χ3v) is 2.35. The van der Waals surface area contributed by atoms with Gasteiger partial charge in [0, 0.05) is 17.8 Å². The van der Waals surface area contributed by atoms with Crippen molar-refractivity contribution in [2.24, 2.45) is 5.92 Å². The van der Waals surface area contributed by atoms with Crippen molar-refractivity contribution in [2.75, 3.05) is 5.32 Å². The fourth-order valence-electron chi connectivity index (χ4n) is 1.52. The van der Waals surface area contributed by atoms with Gasteiger partial charge in [-0.05, 0) is 25.5 Å². The van der Waals surface area contributed by atoms with Gasteiger partial charge in [-0.25, -0.2) is 0 Å². The van der Waals surface area contributed by atoms with E-state index in [4.69, 9.17) is 5.11 Å². The number of hydrogen-bond donors (Lipinski definition) is 2. The Labute approximate surface area is 101 Å². The lowest BCUT2D eigenvalue weighted by molar-refractivity contribution is -0.119. The number of aliphatic hydroxyl groups excluding tert-OH is 1. The zero-order valence-corrected chi connectivity index (χ0v) is 10.2. The van der Waals surface area contributed by atoms with Crippen molar-refractivity contribution in [3.05, 3.63) is 36.2 Å². The second-order valence-electron chi connectivity index (χ2n) is 4.25. The summed E-state index contributed by atoms with van der Waals surface area (Å²) in [7, 11) is 0. The van der Waals surface area contributed by atoms with Gasteiger partial charge in [0.1, 0.15) is 0 Å². The maximum absolute atomic E-state index is 11.8. The van der Waals surface area contributed by atoms with Crippen LogP contribution in [0, 0.1) is 5.92 Å². The smallest absolute Gasteiger partial charge is 0.227 e. The Balaban J connectivity index is 2.64. The molecule has 0 unspecified atom stereocenters. The zero-order valence-electron chi connectivity index (χ0n) is 10.2. The van der Waals surface area contributed by atoms with Gasteiger partial charge in [0.2, 0.25) is 5.91 Å². The number of hydrogen-bond acceptors (Lipinski definition) is 3. The Kier molecular flexibility index (Phi) is 4.84. The number of allylic oxidation sites excluding steroid dienone is 1. The van der Waals surface area contributed by atoms with Gasteiger partial charge >= 0.3 is 0 Å². The molecule has 1 atom stereocenters. The highest BCUT2D eigenvalue weighted by Gasteiger charge is 2.13. The summed E-state index contributed by atoms with van der Waals surface area (Å²) >= 11 is 0. The fraction of sp³-hybridized carbons (Fsp3) is 0.385. The zero-order chi connectivity index (χ0) is 12.8. The van der Waals surface area contributed by atoms with Crippen molar-refractivity contribution in [3.8, 4) is 0 Å². The first-order chi connectivity index (χ1) is 8.02. The number of aliphatic hydroxyl groups is 1. The van der Waals surface area contributed by atoms with E-state index in [0.29, 0.717) is 17.8 Å². The monoisotopic (exact) mass is 234 g/mol. The van der Waals surface area contributed by atoms with Crippen LogP contribution in [-0.2, 0) is 11.4 Å². The SMILES string of the molecule is C=C(C)C[C@@H](C)C(=O)Nc1ccnc(CO)c1. The third kappa shape index (κ3) is 4.36. The molecular formula is C13H18N2O2. The van der Waals surface area contributed by atoms with E-state index in [9.17, 15) is 4.79 Å². The lowest BCUT2D eigenvalue weighted by Crippen LogP contribution is -2.20. The highest BCUT2D eigenvalue weighted by molar-refractivity contribution is 5.92. The van der Waals surface area contributed by atoms with Crippen LogP contribution in [-0.4, -0.2) is 16.0 Å². The molecule has 0 spiro atoms. The van der Waals surface area contributed by atoms with Crippen LogP contribution in [0.25, 0.3) is 0 Å². The Morgan fingerprint density at radius 1 is 1.65 bits per heavy atom. The Morgan fingerprint density at radius 2 is 2.35 bits per heavy atom. The normalized spacial score (nSPS) is 11.9. The lowest BCUT2D eigenvalue weighted by Gasteiger charge is -2.12. The number of carbonyl (C=O) groups is 1. The van der Waals surface area contributed by atoms with Gasteiger partial charge in [-0.3, -0.25) is 9.78 Å². The second-order valence-corrected chi connectivity index (χ2v) is 4.25. The molecule has 0 aliphatic rings. The summed E-state index contributed by atoms with van der Waals surface area (Å²) in [6.45, 7) is 7.42. The van der Waals surface area contributed by atoms with Gasteiger partial charge in [-0.2, -0.15) is 0 Å². The summed E-state index contributed by atoms with van der Waals surface area (Å²) < 4.78 is 0. The molecule has 0 saturated heterocycles. The number of amides is 1. The predicted octanol–water partition coefficient (Wildman–Crippen LogP) is 2.11. The summed E-state index contributed by atoms with van der Waals surface area (Å²) in [5.41, 5.74) is 2.18. The van der Waals surface area contributed by atoms with Gasteiger partial charge in [-0.15, -0.1) is 6.58 Å². The number of aromatic nitrogens is 1. The minimum absolute atomic E-state index is 0.0527. The Bertz CT molecular complexity index is 416. The first-order valence-corrected chi connectivity index (χ1v) is 5.54. The van der Waals surface area contributed by atoms with Crippen LogP contribution in [0.15, 0.2) is 30.5 Å². The molecule has 0 aliphatic carbocycles. The molecule has 17 heavy (non-hydrogen) atoms. The first kappa shape index (κ1) is 13.4. The first-order valence-electron chi connectivity index (χ1n) is 5.54. The maximum Gasteiger partial charge on any atom is 0.227 e. The second kappa shape index (κ2) is 6.15. The van der Waals surface area contributed by atoms with Crippen molar-refractivity contribution < 1.29 is 9.90 Å². The Hall–Kier alpha value is -1.68. The highest BCUT2D eigenvalue weighted by Crippen LogP contribution is 2.13. The molecule has 1 rings (SSSR count). The van der Waals surface area contributed by atoms with Gasteiger partial charge < -0.3 is 10.4 Å². The van der Waals surface area contributed by atoms with Crippen LogP contribution in [0.1, 0.15) is 26.0 Å². The summed E-state index contributed by atoms with van der Waals surface area (Å²) in [4.78, 5) is 15.8. The topological polar surface area (TPSA) is 62.2 Å². The molecule has 0 aliphatic heterocycles. The molecule has 0 fully saturated rings. The van der Waals surface area contributed by atoms with Gasteiger partial charge in [0.15, 0.2) is 0 Å². The molecule has 92 valence electrons. The molecule has 1 aromatic heterocycles. The summed E-state index contributed by atoms with van der Waals surface area (Å²) in [6.07, 6.45) is 2.23. The van der Waals surface area contributed by atoms with E-state index >= 15 is 0 Å². The molecule has 1 aromatic rings. The van der Waals surface area contributed by atoms with Crippen LogP contribution < -0.4 is 5.32 Å². The number of rotatable bonds is 5. The third-order valence-electron chi connectivity index (χ3n) is 2.35. The molecule has 0 bridgehead atoms. The van der Waals surface area contributed by atoms with Crippen LogP contribution in [0.4, 0.5) is 5.69 Å². The van der Waals surface area contributed by atoms with Gasteiger partial charge in [0.25, 0.3) is 0 Å². The minimum atomic E-state index is -0.134. The van der Waals surface area contributed by atoms with E-state index in [0.717, 1.165) is 5.57 Å². The molecule has 4 nitrogen and oxygen atoms in total. The van der Waals surface area contributed by atoms with Crippen LogP contribution in [0.2, 0.25) is 0 Å². The van der Waals surface area contributed by atoms with E-state index in [1.165, 1.54) is 0 Å². The minimum Gasteiger partial charge on any atom is -0.390 e.